The first kappa shape index (κ1) is 10.8. The number of nitrogens with zero attached hydrogens (tertiary/aromatic N) is 2. The molecule has 0 amide bonds. The smallest absolute Gasteiger partial charge is 0.376 e. The molecule has 0 atom stereocenters. The van der Waals surface area contributed by atoms with Crippen molar-refractivity contribution in [2.24, 2.45) is 10.1 Å². The summed E-state index contributed by atoms with van der Waals surface area (Å²) in [5.41, 5.74) is 7.03. The molecule has 6 nitrogen and oxygen atoms in total. The zero-order valence-electron chi connectivity index (χ0n) is 9.15. The zero-order chi connectivity index (χ0) is 12.8. The van der Waals surface area contributed by atoms with Gasteiger partial charge < -0.3 is 10.6 Å². The lowest BCUT2D eigenvalue weighted by atomic mass is 10.2. The van der Waals surface area contributed by atoms with Crippen LogP contribution in [0.15, 0.2) is 52.3 Å². The third-order valence-electron chi connectivity index (χ3n) is 2.55. The van der Waals surface area contributed by atoms with Crippen LogP contribution in [-0.4, -0.2) is 14.6 Å². The second-order valence-corrected chi connectivity index (χ2v) is 5.18. The average Bonchev–Trinajstić information content (AvgIpc) is 2.35. The summed E-state index contributed by atoms with van der Waals surface area (Å²) in [6.45, 7) is 0. The van der Waals surface area contributed by atoms with E-state index in [2.05, 4.69) is 4.40 Å². The number of rotatable bonds is 2. The Morgan fingerprint density at radius 3 is 2.67 bits per heavy atom. The predicted molar refractivity (Wildman–Crippen MR) is 66.9 cm³/mol. The molecule has 0 aromatic heterocycles. The summed E-state index contributed by atoms with van der Waals surface area (Å²) in [4.78, 5) is 5.28. The monoisotopic (exact) mass is 263 g/mol. The lowest BCUT2D eigenvalue weighted by Gasteiger charge is -2.27. The lowest BCUT2D eigenvalue weighted by Crippen LogP contribution is -2.33. The summed E-state index contributed by atoms with van der Waals surface area (Å²) in [5.74, 6) is 0.311. The number of anilines is 1. The maximum atomic E-state index is 11.8. The molecule has 18 heavy (non-hydrogen) atoms. The summed E-state index contributed by atoms with van der Waals surface area (Å²) in [5, 5.41) is 0. The fourth-order valence-electron chi connectivity index (χ4n) is 1.57. The summed E-state index contributed by atoms with van der Waals surface area (Å²) in [7, 11) is -3.87. The third kappa shape index (κ3) is 1.56. The Hall–Kier alpha value is -2.28. The zero-order valence-corrected chi connectivity index (χ0v) is 9.96. The predicted octanol–water partition coefficient (Wildman–Crippen LogP) is 0.842. The Kier molecular flexibility index (Phi) is 2.17. The number of benzene rings is 1. The van der Waals surface area contributed by atoms with Gasteiger partial charge >= 0.3 is 10.2 Å². The maximum Gasteiger partial charge on any atom is 0.376 e. The molecule has 2 aliphatic rings. The van der Waals surface area contributed by atoms with Gasteiger partial charge in [-0.2, -0.15) is 12.8 Å². The van der Waals surface area contributed by atoms with Crippen molar-refractivity contribution >= 4 is 22.1 Å². The number of hydrogen-bond donors (Lipinski definition) is 1. The second-order valence-electron chi connectivity index (χ2n) is 3.74. The highest BCUT2D eigenvalue weighted by Crippen LogP contribution is 2.30. The van der Waals surface area contributed by atoms with Gasteiger partial charge in [-0.1, -0.05) is 22.7 Å². The van der Waals surface area contributed by atoms with Gasteiger partial charge in [0.1, 0.15) is 5.69 Å². The summed E-state index contributed by atoms with van der Waals surface area (Å²) in [6.07, 6.45) is 4.51. The maximum absolute atomic E-state index is 11.8. The van der Waals surface area contributed by atoms with Crippen LogP contribution in [0, 0.1) is 0 Å². The first-order valence-corrected chi connectivity index (χ1v) is 6.53. The fraction of sp³-hybridized carbons (Fsp3) is 0. The lowest BCUT2D eigenvalue weighted by molar-refractivity contribution is 0.235. The molecule has 0 fully saturated rings. The molecular formula is C11H9N3O3S. The highest BCUT2D eigenvalue weighted by Gasteiger charge is 2.30. The van der Waals surface area contributed by atoms with E-state index in [-0.39, 0.29) is 0 Å². The SMILES string of the molecule is NC1=C(ON2c3ccccc3C=NS2(=O)=O)C=C1. The average molecular weight is 263 g/mol. The van der Waals surface area contributed by atoms with Crippen molar-refractivity contribution in [1.82, 2.24) is 0 Å². The van der Waals surface area contributed by atoms with Crippen LogP contribution < -0.4 is 10.2 Å². The molecule has 2 N–H and O–H groups in total. The summed E-state index contributed by atoms with van der Waals surface area (Å²) < 4.78 is 27.9. The van der Waals surface area contributed by atoms with Crippen LogP contribution in [0.25, 0.3) is 0 Å². The van der Waals surface area contributed by atoms with Crippen molar-refractivity contribution in [3.05, 3.63) is 53.4 Å². The minimum Gasteiger partial charge on any atom is -0.396 e. The highest BCUT2D eigenvalue weighted by molar-refractivity contribution is 7.91. The Morgan fingerprint density at radius 1 is 1.22 bits per heavy atom. The van der Waals surface area contributed by atoms with Gasteiger partial charge in [-0.05, 0) is 18.2 Å². The van der Waals surface area contributed by atoms with E-state index in [1.807, 2.05) is 0 Å². The normalized spacial score (nSPS) is 19.4. The van der Waals surface area contributed by atoms with Gasteiger partial charge in [0.2, 0.25) is 0 Å². The van der Waals surface area contributed by atoms with Crippen LogP contribution in [0.3, 0.4) is 0 Å². The molecule has 92 valence electrons. The van der Waals surface area contributed by atoms with Gasteiger partial charge in [-0.3, -0.25) is 0 Å². The van der Waals surface area contributed by atoms with Crippen molar-refractivity contribution in [2.75, 3.05) is 4.47 Å². The third-order valence-corrected chi connectivity index (χ3v) is 3.61. The van der Waals surface area contributed by atoms with Gasteiger partial charge in [0.15, 0.2) is 5.76 Å². The van der Waals surface area contributed by atoms with E-state index in [1.165, 1.54) is 6.21 Å². The molecule has 0 spiro atoms. The van der Waals surface area contributed by atoms with E-state index in [9.17, 15) is 8.42 Å². The van der Waals surface area contributed by atoms with Crippen LogP contribution in [0.1, 0.15) is 5.56 Å². The summed E-state index contributed by atoms with van der Waals surface area (Å²) in [6, 6.07) is 6.89. The topological polar surface area (TPSA) is 85.0 Å². The molecule has 0 saturated carbocycles. The Labute approximate surface area is 104 Å². The Bertz CT molecular complexity index is 704. The molecule has 1 aromatic carbocycles. The number of fused-ring (bicyclic) bond motifs is 1. The number of nitrogens with two attached hydrogens (primary N) is 1. The fourth-order valence-corrected chi connectivity index (χ4v) is 2.49. The van der Waals surface area contributed by atoms with Gasteiger partial charge in [-0.15, -0.1) is 0 Å². The van der Waals surface area contributed by atoms with E-state index < -0.39 is 10.2 Å². The number of allylic oxidation sites excluding steroid dienone is 2. The minimum absolute atomic E-state index is 0.311. The molecule has 0 radical (unpaired) electrons. The van der Waals surface area contributed by atoms with Crippen molar-refractivity contribution in [1.29, 1.82) is 0 Å². The van der Waals surface area contributed by atoms with Crippen LogP contribution in [-0.2, 0) is 15.0 Å². The van der Waals surface area contributed by atoms with Gasteiger partial charge in [-0.25, -0.2) is 0 Å². The molecule has 1 aliphatic heterocycles. The van der Waals surface area contributed by atoms with E-state index in [0.717, 1.165) is 4.47 Å². The van der Waals surface area contributed by atoms with Crippen LogP contribution >= 0.6 is 0 Å². The van der Waals surface area contributed by atoms with E-state index in [4.69, 9.17) is 10.6 Å². The standard InChI is InChI=1S/C11H9N3O3S/c12-9-5-6-11(9)17-14-10-4-2-1-3-8(10)7-13-18(14,15)16/h1-7H,12H2. The van der Waals surface area contributed by atoms with E-state index >= 15 is 0 Å². The largest absolute Gasteiger partial charge is 0.396 e. The first-order valence-electron chi connectivity index (χ1n) is 5.13. The van der Waals surface area contributed by atoms with Crippen molar-refractivity contribution in [3.63, 3.8) is 0 Å². The van der Waals surface area contributed by atoms with Crippen molar-refractivity contribution in [2.45, 2.75) is 0 Å². The molecule has 1 aromatic rings. The number of para-hydroxylation sites is 1. The molecule has 1 aliphatic carbocycles. The van der Waals surface area contributed by atoms with Crippen LogP contribution in [0.5, 0.6) is 0 Å². The van der Waals surface area contributed by atoms with Crippen molar-refractivity contribution in [3.8, 4) is 0 Å². The van der Waals surface area contributed by atoms with Gasteiger partial charge in [0, 0.05) is 5.56 Å². The minimum atomic E-state index is -3.87. The van der Waals surface area contributed by atoms with Gasteiger partial charge in [0.25, 0.3) is 0 Å². The molecule has 7 heteroatoms. The van der Waals surface area contributed by atoms with E-state index in [1.54, 1.807) is 36.4 Å². The van der Waals surface area contributed by atoms with E-state index in [0.29, 0.717) is 22.7 Å². The Balaban J connectivity index is 2.05. The Morgan fingerprint density at radius 2 is 2.00 bits per heavy atom. The van der Waals surface area contributed by atoms with Crippen molar-refractivity contribution < 1.29 is 13.3 Å². The molecule has 0 saturated heterocycles. The molecule has 0 bridgehead atoms. The highest BCUT2D eigenvalue weighted by atomic mass is 32.2. The number of hydrogen-bond acceptors (Lipinski definition) is 4. The van der Waals surface area contributed by atoms with Gasteiger partial charge in [0.05, 0.1) is 11.9 Å². The second kappa shape index (κ2) is 3.61. The van der Waals surface area contributed by atoms with Crippen LogP contribution in [0.2, 0.25) is 0 Å². The van der Waals surface area contributed by atoms with Crippen LogP contribution in [0.4, 0.5) is 5.69 Å². The molecule has 3 rings (SSSR count). The molecule has 1 heterocycles. The molecule has 0 unspecified atom stereocenters. The molecular weight excluding hydrogens is 254 g/mol. The first-order chi connectivity index (χ1) is 8.58. The summed E-state index contributed by atoms with van der Waals surface area (Å²) >= 11 is 0. The quantitative estimate of drug-likeness (QED) is 0.856.